The highest BCUT2D eigenvalue weighted by atomic mass is 19.1. The van der Waals surface area contributed by atoms with Crippen molar-refractivity contribution in [2.75, 3.05) is 0 Å². The topological polar surface area (TPSA) is 84.6 Å². The van der Waals surface area contributed by atoms with E-state index in [1.807, 2.05) is 0 Å². The fraction of sp³-hybridized carbons (Fsp3) is 0.0588. The minimum atomic E-state index is -0.296. The molecule has 0 saturated carbocycles. The molecule has 0 radical (unpaired) electrons. The summed E-state index contributed by atoms with van der Waals surface area (Å²) in [6.45, 7) is 0.314. The maximum atomic E-state index is 12.6. The van der Waals surface area contributed by atoms with Gasteiger partial charge in [-0.05, 0) is 42.0 Å². The van der Waals surface area contributed by atoms with Crippen molar-refractivity contribution in [3.8, 4) is 11.3 Å². The molecule has 3 N–H and O–H groups in total. The molecular formula is C17H15F2N3O2. The van der Waals surface area contributed by atoms with E-state index in [9.17, 15) is 8.78 Å². The molecule has 24 heavy (non-hydrogen) atoms. The number of hydrogen-bond donors (Lipinski definition) is 2. The lowest BCUT2D eigenvalue weighted by molar-refractivity contribution is 0.322. The molecule has 0 atom stereocenters. The van der Waals surface area contributed by atoms with Crippen LogP contribution in [0.2, 0.25) is 0 Å². The van der Waals surface area contributed by atoms with Crippen molar-refractivity contribution >= 4 is 6.21 Å². The molecule has 1 aromatic heterocycles. The molecule has 0 bridgehead atoms. The largest absolute Gasteiger partial charge is 0.411 e. The molecule has 2 aromatic carbocycles. The molecule has 3 rings (SSSR count). The van der Waals surface area contributed by atoms with Gasteiger partial charge in [0.15, 0.2) is 5.76 Å². The maximum absolute atomic E-state index is 12.6. The SMILES string of the molecule is NCc1cc(-c2ccc(F)cc2)no1.ON=Cc1ccc(F)cc1. The summed E-state index contributed by atoms with van der Waals surface area (Å²) in [5, 5.41) is 14.7. The fourth-order valence-corrected chi connectivity index (χ4v) is 1.78. The van der Waals surface area contributed by atoms with Gasteiger partial charge in [-0.25, -0.2) is 8.78 Å². The number of hydrogen-bond acceptors (Lipinski definition) is 5. The van der Waals surface area contributed by atoms with E-state index in [1.54, 1.807) is 18.2 Å². The smallest absolute Gasteiger partial charge is 0.150 e. The van der Waals surface area contributed by atoms with Gasteiger partial charge in [-0.15, -0.1) is 0 Å². The standard InChI is InChI=1S/C10H9FN2O.C7H6FNO/c11-8-3-1-7(2-4-8)10-5-9(6-12)14-13-10;8-7-3-1-6(2-4-7)5-9-10/h1-5H,6,12H2;1-5,10H. The number of benzene rings is 2. The van der Waals surface area contributed by atoms with Crippen LogP contribution < -0.4 is 5.73 Å². The number of nitrogens with two attached hydrogens (primary N) is 1. The lowest BCUT2D eigenvalue weighted by Crippen LogP contribution is -1.92. The minimum Gasteiger partial charge on any atom is -0.411 e. The molecular weight excluding hydrogens is 316 g/mol. The Morgan fingerprint density at radius 1 is 1.04 bits per heavy atom. The fourth-order valence-electron chi connectivity index (χ4n) is 1.78. The third kappa shape index (κ3) is 4.99. The third-order valence-electron chi connectivity index (χ3n) is 2.98. The van der Waals surface area contributed by atoms with E-state index in [4.69, 9.17) is 15.5 Å². The Kier molecular flexibility index (Phi) is 6.16. The van der Waals surface area contributed by atoms with Crippen LogP contribution in [0, 0.1) is 11.6 Å². The van der Waals surface area contributed by atoms with Gasteiger partial charge >= 0.3 is 0 Å². The molecule has 0 fully saturated rings. The number of oxime groups is 1. The van der Waals surface area contributed by atoms with Crippen LogP contribution in [-0.4, -0.2) is 16.6 Å². The number of nitrogens with zero attached hydrogens (tertiary/aromatic N) is 2. The van der Waals surface area contributed by atoms with Crippen LogP contribution >= 0.6 is 0 Å². The van der Waals surface area contributed by atoms with Gasteiger partial charge in [0.2, 0.25) is 0 Å². The molecule has 0 aliphatic heterocycles. The predicted octanol–water partition coefficient (Wildman–Crippen LogP) is 3.57. The predicted molar refractivity (Wildman–Crippen MR) is 85.6 cm³/mol. The van der Waals surface area contributed by atoms with E-state index in [-0.39, 0.29) is 11.6 Å². The zero-order valence-electron chi connectivity index (χ0n) is 12.6. The average Bonchev–Trinajstić information content (AvgIpc) is 3.08. The van der Waals surface area contributed by atoms with Crippen LogP contribution in [0.15, 0.2) is 64.3 Å². The summed E-state index contributed by atoms with van der Waals surface area (Å²) in [5.74, 6) is 0.0516. The van der Waals surface area contributed by atoms with Crippen LogP contribution in [0.1, 0.15) is 11.3 Å². The van der Waals surface area contributed by atoms with Crippen molar-refractivity contribution in [1.82, 2.24) is 5.16 Å². The molecule has 0 aliphatic carbocycles. The molecule has 0 unspecified atom stereocenters. The van der Waals surface area contributed by atoms with Crippen molar-refractivity contribution in [2.45, 2.75) is 6.54 Å². The summed E-state index contributed by atoms with van der Waals surface area (Å²) >= 11 is 0. The van der Waals surface area contributed by atoms with E-state index >= 15 is 0 Å². The summed E-state index contributed by atoms with van der Waals surface area (Å²) < 4.78 is 29.8. The lowest BCUT2D eigenvalue weighted by atomic mass is 10.1. The summed E-state index contributed by atoms with van der Waals surface area (Å²) in [7, 11) is 0. The summed E-state index contributed by atoms with van der Waals surface area (Å²) in [6.07, 6.45) is 1.24. The van der Waals surface area contributed by atoms with Gasteiger partial charge in [0.25, 0.3) is 0 Å². The van der Waals surface area contributed by atoms with E-state index in [0.29, 0.717) is 23.6 Å². The molecule has 0 amide bonds. The Bertz CT molecular complexity index is 784. The second kappa shape index (κ2) is 8.54. The van der Waals surface area contributed by atoms with Crippen molar-refractivity contribution < 1.29 is 18.5 Å². The average molecular weight is 331 g/mol. The number of rotatable bonds is 3. The Morgan fingerprint density at radius 2 is 1.62 bits per heavy atom. The van der Waals surface area contributed by atoms with E-state index in [2.05, 4.69) is 10.3 Å². The van der Waals surface area contributed by atoms with E-state index in [1.165, 1.54) is 42.6 Å². The third-order valence-corrected chi connectivity index (χ3v) is 2.98. The van der Waals surface area contributed by atoms with Gasteiger partial charge in [-0.2, -0.15) is 0 Å². The molecule has 124 valence electrons. The summed E-state index contributed by atoms with van der Waals surface area (Å²) in [4.78, 5) is 0. The minimum absolute atomic E-state index is 0.267. The normalized spacial score (nSPS) is 10.5. The summed E-state index contributed by atoms with van der Waals surface area (Å²) in [6, 6.07) is 13.4. The first-order valence-corrected chi connectivity index (χ1v) is 6.97. The molecule has 1 heterocycles. The van der Waals surface area contributed by atoms with Crippen LogP contribution in [0.3, 0.4) is 0 Å². The molecule has 0 spiro atoms. The number of halogens is 2. The van der Waals surface area contributed by atoms with Gasteiger partial charge in [0, 0.05) is 11.6 Å². The second-order valence-corrected chi connectivity index (χ2v) is 4.69. The van der Waals surface area contributed by atoms with Gasteiger partial charge < -0.3 is 15.5 Å². The molecule has 5 nitrogen and oxygen atoms in total. The first-order chi connectivity index (χ1) is 11.6. The Hall–Kier alpha value is -3.06. The van der Waals surface area contributed by atoms with Gasteiger partial charge in [0.1, 0.15) is 17.3 Å². The molecule has 7 heteroatoms. The van der Waals surface area contributed by atoms with E-state index < -0.39 is 0 Å². The lowest BCUT2D eigenvalue weighted by Gasteiger charge is -1.93. The highest BCUT2D eigenvalue weighted by Crippen LogP contribution is 2.18. The van der Waals surface area contributed by atoms with E-state index in [0.717, 1.165) is 5.56 Å². The van der Waals surface area contributed by atoms with Gasteiger partial charge in [-0.1, -0.05) is 22.4 Å². The van der Waals surface area contributed by atoms with Crippen molar-refractivity contribution in [2.24, 2.45) is 10.9 Å². The van der Waals surface area contributed by atoms with Crippen LogP contribution in [0.4, 0.5) is 8.78 Å². The first kappa shape index (κ1) is 17.3. The quantitative estimate of drug-likeness (QED) is 0.436. The maximum Gasteiger partial charge on any atom is 0.150 e. The van der Waals surface area contributed by atoms with Gasteiger partial charge in [0.05, 0.1) is 12.8 Å². The molecule has 0 aliphatic rings. The second-order valence-electron chi connectivity index (χ2n) is 4.69. The van der Waals surface area contributed by atoms with Crippen LogP contribution in [-0.2, 0) is 6.54 Å². The van der Waals surface area contributed by atoms with Crippen LogP contribution in [0.5, 0.6) is 0 Å². The van der Waals surface area contributed by atoms with Crippen molar-refractivity contribution in [3.63, 3.8) is 0 Å². The highest BCUT2D eigenvalue weighted by molar-refractivity contribution is 5.78. The zero-order valence-corrected chi connectivity index (χ0v) is 12.6. The van der Waals surface area contributed by atoms with Crippen molar-refractivity contribution in [1.29, 1.82) is 0 Å². The first-order valence-electron chi connectivity index (χ1n) is 6.97. The molecule has 3 aromatic rings. The monoisotopic (exact) mass is 331 g/mol. The summed E-state index contributed by atoms with van der Waals surface area (Å²) in [5.41, 5.74) is 7.53. The Balaban J connectivity index is 0.000000185. The zero-order chi connectivity index (χ0) is 17.4. The molecule has 0 saturated heterocycles. The Morgan fingerprint density at radius 3 is 2.12 bits per heavy atom. The number of aromatic nitrogens is 1. The Labute approximate surface area is 137 Å². The highest BCUT2D eigenvalue weighted by Gasteiger charge is 2.04. The van der Waals surface area contributed by atoms with Crippen LogP contribution in [0.25, 0.3) is 11.3 Å². The van der Waals surface area contributed by atoms with Gasteiger partial charge in [-0.3, -0.25) is 0 Å². The van der Waals surface area contributed by atoms with Crippen molar-refractivity contribution in [3.05, 3.63) is 77.6 Å².